The van der Waals surface area contributed by atoms with E-state index >= 15 is 0 Å². The summed E-state index contributed by atoms with van der Waals surface area (Å²) in [6, 6.07) is 22.8. The number of carbonyl (C=O) groups excluding carboxylic acids is 2. The highest BCUT2D eigenvalue weighted by atomic mass is 79.9. The Morgan fingerprint density at radius 2 is 1.64 bits per heavy atom. The highest BCUT2D eigenvalue weighted by Gasteiger charge is 2.22. The Kier molecular flexibility index (Phi) is 7.96. The Bertz CT molecular complexity index is 1120. The standard InChI is InChI=1S/C25H23BrClN3O2S/c26-19-3-1-2-18(16-19)25(32)30-14-12-29(13-15-30)22-8-6-21(7-9-22)28-24(31)17-33-23-10-4-20(27)5-11-23/h1-11,16H,12-15,17H2,(H,28,31). The van der Waals surface area contributed by atoms with Gasteiger partial charge < -0.3 is 15.1 Å². The molecule has 170 valence electrons. The van der Waals surface area contributed by atoms with Crippen molar-refractivity contribution in [2.24, 2.45) is 0 Å². The minimum absolute atomic E-state index is 0.0534. The largest absolute Gasteiger partial charge is 0.368 e. The maximum Gasteiger partial charge on any atom is 0.254 e. The molecule has 4 rings (SSSR count). The van der Waals surface area contributed by atoms with Gasteiger partial charge in [0.1, 0.15) is 0 Å². The van der Waals surface area contributed by atoms with Crippen molar-refractivity contribution in [3.63, 3.8) is 0 Å². The fourth-order valence-corrected chi connectivity index (χ4v) is 4.83. The molecule has 0 aromatic heterocycles. The molecule has 0 radical (unpaired) electrons. The molecule has 0 bridgehead atoms. The third kappa shape index (κ3) is 6.53. The smallest absolute Gasteiger partial charge is 0.254 e. The monoisotopic (exact) mass is 543 g/mol. The first kappa shape index (κ1) is 23.7. The van der Waals surface area contributed by atoms with E-state index in [1.54, 1.807) is 0 Å². The number of amides is 2. The van der Waals surface area contributed by atoms with Gasteiger partial charge in [0.2, 0.25) is 5.91 Å². The van der Waals surface area contributed by atoms with Crippen molar-refractivity contribution < 1.29 is 9.59 Å². The van der Waals surface area contributed by atoms with Crippen LogP contribution in [0.25, 0.3) is 0 Å². The van der Waals surface area contributed by atoms with E-state index in [4.69, 9.17) is 11.6 Å². The molecule has 1 aliphatic rings. The summed E-state index contributed by atoms with van der Waals surface area (Å²) in [5.41, 5.74) is 2.55. The van der Waals surface area contributed by atoms with Crippen LogP contribution in [0.2, 0.25) is 5.02 Å². The van der Waals surface area contributed by atoms with Gasteiger partial charge in [0.05, 0.1) is 5.75 Å². The highest BCUT2D eigenvalue weighted by molar-refractivity contribution is 9.10. The van der Waals surface area contributed by atoms with Crippen molar-refractivity contribution in [2.45, 2.75) is 4.90 Å². The predicted octanol–water partition coefficient (Wildman–Crippen LogP) is 5.80. The van der Waals surface area contributed by atoms with E-state index in [1.807, 2.05) is 77.7 Å². The van der Waals surface area contributed by atoms with Gasteiger partial charge in [0, 0.05) is 57.5 Å². The Labute approximate surface area is 211 Å². The summed E-state index contributed by atoms with van der Waals surface area (Å²) >= 11 is 10.8. The lowest BCUT2D eigenvalue weighted by atomic mass is 10.1. The molecule has 5 nitrogen and oxygen atoms in total. The van der Waals surface area contributed by atoms with Crippen LogP contribution >= 0.6 is 39.3 Å². The number of hydrogen-bond acceptors (Lipinski definition) is 4. The van der Waals surface area contributed by atoms with Crippen LogP contribution in [-0.4, -0.2) is 48.6 Å². The number of nitrogens with zero attached hydrogens (tertiary/aromatic N) is 2. The number of carbonyl (C=O) groups is 2. The third-order valence-corrected chi connectivity index (χ3v) is 7.10. The van der Waals surface area contributed by atoms with Gasteiger partial charge in [-0.05, 0) is 66.7 Å². The first-order chi connectivity index (χ1) is 16.0. The van der Waals surface area contributed by atoms with Crippen LogP contribution in [0.3, 0.4) is 0 Å². The van der Waals surface area contributed by atoms with Crippen LogP contribution in [0.4, 0.5) is 11.4 Å². The minimum atomic E-state index is -0.0534. The van der Waals surface area contributed by atoms with Crippen LogP contribution in [0.5, 0.6) is 0 Å². The van der Waals surface area contributed by atoms with Gasteiger partial charge >= 0.3 is 0 Å². The summed E-state index contributed by atoms with van der Waals surface area (Å²) in [6.45, 7) is 2.88. The number of hydrogen-bond donors (Lipinski definition) is 1. The zero-order chi connectivity index (χ0) is 23.2. The Hall–Kier alpha value is -2.48. The predicted molar refractivity (Wildman–Crippen MR) is 140 cm³/mol. The normalized spacial score (nSPS) is 13.6. The number of nitrogens with one attached hydrogen (secondary N) is 1. The van der Waals surface area contributed by atoms with Gasteiger partial charge in [0.25, 0.3) is 5.91 Å². The van der Waals surface area contributed by atoms with Crippen LogP contribution in [0, 0.1) is 0 Å². The molecule has 1 saturated heterocycles. The highest BCUT2D eigenvalue weighted by Crippen LogP contribution is 2.23. The zero-order valence-electron chi connectivity index (χ0n) is 17.8. The van der Waals surface area contributed by atoms with Gasteiger partial charge in [-0.25, -0.2) is 0 Å². The molecule has 1 fully saturated rings. The molecule has 0 spiro atoms. The van der Waals surface area contributed by atoms with E-state index in [0.717, 1.165) is 33.8 Å². The van der Waals surface area contributed by atoms with Gasteiger partial charge in [-0.1, -0.05) is 33.6 Å². The molecule has 0 atom stereocenters. The van der Waals surface area contributed by atoms with Crippen molar-refractivity contribution in [2.75, 3.05) is 42.1 Å². The average molecular weight is 545 g/mol. The maximum absolute atomic E-state index is 12.7. The summed E-state index contributed by atoms with van der Waals surface area (Å²) < 4.78 is 0.905. The Balaban J connectivity index is 1.26. The molecule has 1 N–H and O–H groups in total. The first-order valence-corrected chi connectivity index (χ1v) is 12.7. The zero-order valence-corrected chi connectivity index (χ0v) is 21.0. The molecule has 3 aromatic rings. The number of halogens is 2. The number of piperazine rings is 1. The molecular weight excluding hydrogens is 522 g/mol. The number of benzene rings is 3. The summed E-state index contributed by atoms with van der Waals surface area (Å²) in [7, 11) is 0. The van der Waals surface area contributed by atoms with Crippen molar-refractivity contribution in [1.82, 2.24) is 4.90 Å². The summed E-state index contributed by atoms with van der Waals surface area (Å²) in [5, 5.41) is 3.62. The van der Waals surface area contributed by atoms with Gasteiger partial charge in [-0.3, -0.25) is 9.59 Å². The van der Waals surface area contributed by atoms with E-state index in [1.165, 1.54) is 11.8 Å². The van der Waals surface area contributed by atoms with Crippen molar-refractivity contribution in [1.29, 1.82) is 0 Å². The minimum Gasteiger partial charge on any atom is -0.368 e. The quantitative estimate of drug-likeness (QED) is 0.399. The van der Waals surface area contributed by atoms with E-state index in [2.05, 4.69) is 26.1 Å². The van der Waals surface area contributed by atoms with Crippen LogP contribution < -0.4 is 10.2 Å². The molecule has 0 saturated carbocycles. The van der Waals surface area contributed by atoms with Gasteiger partial charge in [-0.15, -0.1) is 11.8 Å². The lowest BCUT2D eigenvalue weighted by Gasteiger charge is -2.36. The van der Waals surface area contributed by atoms with Crippen LogP contribution in [-0.2, 0) is 4.79 Å². The molecule has 1 aliphatic heterocycles. The van der Waals surface area contributed by atoms with Gasteiger partial charge in [-0.2, -0.15) is 0 Å². The van der Waals surface area contributed by atoms with E-state index < -0.39 is 0 Å². The lowest BCUT2D eigenvalue weighted by Crippen LogP contribution is -2.48. The van der Waals surface area contributed by atoms with Crippen molar-refractivity contribution >= 4 is 62.5 Å². The first-order valence-electron chi connectivity index (χ1n) is 10.6. The summed E-state index contributed by atoms with van der Waals surface area (Å²) in [4.78, 5) is 30.2. The molecule has 0 unspecified atom stereocenters. The second kappa shape index (κ2) is 11.1. The summed E-state index contributed by atoms with van der Waals surface area (Å²) in [6.07, 6.45) is 0. The number of anilines is 2. The second-order valence-electron chi connectivity index (χ2n) is 7.63. The Morgan fingerprint density at radius 3 is 2.30 bits per heavy atom. The van der Waals surface area contributed by atoms with Crippen molar-refractivity contribution in [3.8, 4) is 0 Å². The fraction of sp³-hybridized carbons (Fsp3) is 0.200. The molecule has 1 heterocycles. The van der Waals surface area contributed by atoms with E-state index in [9.17, 15) is 9.59 Å². The molecule has 0 aliphatic carbocycles. The van der Waals surface area contributed by atoms with Crippen LogP contribution in [0.1, 0.15) is 10.4 Å². The molecule has 2 amide bonds. The molecule has 33 heavy (non-hydrogen) atoms. The van der Waals surface area contributed by atoms with Crippen LogP contribution in [0.15, 0.2) is 82.2 Å². The van der Waals surface area contributed by atoms with Crippen molar-refractivity contribution in [3.05, 3.63) is 87.9 Å². The van der Waals surface area contributed by atoms with Gasteiger partial charge in [0.15, 0.2) is 0 Å². The summed E-state index contributed by atoms with van der Waals surface area (Å²) in [5.74, 6) is 0.338. The lowest BCUT2D eigenvalue weighted by molar-refractivity contribution is -0.113. The molecule has 3 aromatic carbocycles. The SMILES string of the molecule is O=C(CSc1ccc(Cl)cc1)Nc1ccc(N2CCN(C(=O)c3cccc(Br)c3)CC2)cc1. The topological polar surface area (TPSA) is 52.7 Å². The average Bonchev–Trinajstić information content (AvgIpc) is 2.84. The maximum atomic E-state index is 12.7. The fourth-order valence-electron chi connectivity index (χ4n) is 3.60. The number of thioether (sulfide) groups is 1. The second-order valence-corrected chi connectivity index (χ2v) is 10.0. The third-order valence-electron chi connectivity index (χ3n) is 5.34. The molecular formula is C25H23BrClN3O2S. The van der Waals surface area contributed by atoms with E-state index in [0.29, 0.717) is 29.4 Å². The number of rotatable bonds is 6. The van der Waals surface area contributed by atoms with E-state index in [-0.39, 0.29) is 11.8 Å². The Morgan fingerprint density at radius 1 is 0.939 bits per heavy atom. The molecule has 8 heteroatoms.